The predicted octanol–water partition coefficient (Wildman–Crippen LogP) is 9.82. The second-order valence-electron chi connectivity index (χ2n) is 23.9. The van der Waals surface area contributed by atoms with E-state index in [9.17, 15) is 70.8 Å². The molecule has 0 aliphatic carbocycles. The van der Waals surface area contributed by atoms with Gasteiger partial charge in [0.2, 0.25) is 17.5 Å². The summed E-state index contributed by atoms with van der Waals surface area (Å²) in [6.45, 7) is 34.3. The number of nitrogens with one attached hydrogen (secondary N) is 1. The average Bonchev–Trinajstić information content (AvgIpc) is 1.71. The molecule has 0 bridgehead atoms. The van der Waals surface area contributed by atoms with Gasteiger partial charge in [-0.1, -0.05) is 94.9 Å². The van der Waals surface area contributed by atoms with E-state index in [1.165, 1.54) is 67.2 Å². The summed E-state index contributed by atoms with van der Waals surface area (Å²) in [5.74, 6) is 3.95. The van der Waals surface area contributed by atoms with Gasteiger partial charge in [0.15, 0.2) is 5.82 Å². The van der Waals surface area contributed by atoms with Crippen molar-refractivity contribution in [3.05, 3.63) is 137 Å². The highest BCUT2D eigenvalue weighted by Crippen LogP contribution is 2.26. The normalized spacial score (nSPS) is 16.1. The smallest absolute Gasteiger partial charge is 0.414 e. The summed E-state index contributed by atoms with van der Waals surface area (Å²) in [6, 6.07) is 0.895. The SMILES string of the molecule is CCC(C)CC.CCCCn1cc([N+](=O)[O-])nc1C.CC[C@H](C)Cn1cc([N+](=O)[O-])nc1C.CC[C@H]1CO1.C[C@H]1COc2nc([N+](=O)[O-])cn2C1.C[C@H]1COc2nc([N+](=O)[O-])cn2C1.Cc1nc([N+](=O)[O-])cn1C[C@@H](C)CO.Cc1ncc([N+](=O)[O-])[nH]1.O=[N+]([O-])c1cn2c(n1)OC[C@H](O)C2. The second kappa shape index (κ2) is 41.7. The van der Waals surface area contributed by atoms with E-state index in [2.05, 4.69) is 88.3 Å². The van der Waals surface area contributed by atoms with Crippen molar-refractivity contribution in [1.29, 1.82) is 0 Å². The molecule has 0 radical (unpaired) electrons. The molecule has 1 fully saturated rings. The Hall–Kier alpha value is -10.4. The minimum absolute atomic E-state index is 0.0609. The van der Waals surface area contributed by atoms with E-state index in [0.717, 1.165) is 58.0 Å². The summed E-state index contributed by atoms with van der Waals surface area (Å²) in [5.41, 5.74) is 0. The molecule has 3 N–H and O–H groups in total. The lowest BCUT2D eigenvalue weighted by Gasteiger charge is -2.17. The zero-order valence-corrected chi connectivity index (χ0v) is 58.8. The van der Waals surface area contributed by atoms with Gasteiger partial charge in [0.25, 0.3) is 0 Å². The summed E-state index contributed by atoms with van der Waals surface area (Å²) in [6.07, 6.45) is 16.7. The summed E-state index contributed by atoms with van der Waals surface area (Å²) in [5, 5.41) is 90.2. The fourth-order valence-electron chi connectivity index (χ4n) is 8.43. The summed E-state index contributed by atoms with van der Waals surface area (Å²) in [4.78, 5) is 97.3. The molecule has 11 heterocycles. The zero-order chi connectivity index (χ0) is 75.1. The van der Waals surface area contributed by atoms with Crippen LogP contribution >= 0.6 is 0 Å². The molecule has 1 saturated heterocycles. The first-order valence-corrected chi connectivity index (χ1v) is 32.3. The minimum Gasteiger partial charge on any atom is -0.445 e. The van der Waals surface area contributed by atoms with Crippen molar-refractivity contribution in [2.24, 2.45) is 29.6 Å². The van der Waals surface area contributed by atoms with Crippen LogP contribution in [0.5, 0.6) is 18.0 Å². The number of imidazole rings is 7. The molecule has 6 atom stereocenters. The Labute approximate surface area is 575 Å². The highest BCUT2D eigenvalue weighted by Gasteiger charge is 2.29. The first-order valence-electron chi connectivity index (χ1n) is 32.3. The standard InChI is InChI=1S/C9H15N3O2.C8H13N3O3.C8H13N3O2.2C7H9N3O3.C6H7N3O4.C6H14.C4H5N3O2.C4H8O/c1-4-7(2)5-11-6-9(12(13)14)10-8(11)3;1-6(5-12)3-10-4-8(11(13)14)9-7(10)2;1-3-4-5-10-6-8(11(12)13)9-7(10)2;2*1-5-2-9-3-6(10(11)12)8-7(9)13-4-5;10-4-1-8-2-5(9(11)12)7-6(8)13-3-4;1-4-6(3)5-2;1-3-5-2-4(6-3)7(8)9;1-2-4-3-5-4/h6-7H,4-5H2,1-3H3;4,6,12H,3,5H2,1-2H3;6H,3-5H2,1-2H3;2*3,5H,2,4H2,1H3;2,4,10H,1,3H2;6H,4-5H2,1-3H3;2H,1H3,(H,5,6);4H,2-3H2,1H3/t7-;6-;;2*5-;4-;;;4-/m01.111..0/s1. The van der Waals surface area contributed by atoms with E-state index in [4.69, 9.17) is 29.2 Å². The molecule has 41 heteroatoms. The average molecular weight is 1420 g/mol. The number of aryl methyl sites for hydroxylation is 5. The Morgan fingerprint density at radius 3 is 1.16 bits per heavy atom. The van der Waals surface area contributed by atoms with Crippen molar-refractivity contribution in [3.63, 3.8) is 0 Å². The van der Waals surface area contributed by atoms with Crippen LogP contribution in [-0.4, -0.2) is 157 Å². The Balaban J connectivity index is 0.000000296. The van der Waals surface area contributed by atoms with Crippen molar-refractivity contribution in [2.45, 2.75) is 187 Å². The van der Waals surface area contributed by atoms with Crippen LogP contribution in [0.15, 0.2) is 43.4 Å². The summed E-state index contributed by atoms with van der Waals surface area (Å²) in [7, 11) is 0. The Morgan fingerprint density at radius 2 is 0.870 bits per heavy atom. The topological polar surface area (TPSA) is 518 Å². The number of aromatic nitrogens is 14. The molecule has 0 aromatic carbocycles. The van der Waals surface area contributed by atoms with E-state index >= 15 is 0 Å². The van der Waals surface area contributed by atoms with E-state index in [0.29, 0.717) is 78.9 Å². The molecule has 41 nitrogen and oxygen atoms in total. The maximum absolute atomic E-state index is 10.5. The van der Waals surface area contributed by atoms with Crippen LogP contribution in [0.25, 0.3) is 0 Å². The molecule has 0 spiro atoms. The molecule has 11 rings (SSSR count). The first-order chi connectivity index (χ1) is 47.2. The number of hydrogen-bond acceptors (Lipinski definition) is 27. The number of aromatic amines is 1. The predicted molar refractivity (Wildman–Crippen MR) is 359 cm³/mol. The Morgan fingerprint density at radius 1 is 0.510 bits per heavy atom. The highest BCUT2D eigenvalue weighted by molar-refractivity contribution is 5.24. The molecular weight excluding hydrogens is 1320 g/mol. The van der Waals surface area contributed by atoms with Gasteiger partial charge in [-0.15, -0.1) is 0 Å². The second-order valence-corrected chi connectivity index (χ2v) is 23.9. The van der Waals surface area contributed by atoms with Gasteiger partial charge in [0.05, 0.1) is 32.5 Å². The molecule has 0 amide bonds. The van der Waals surface area contributed by atoms with Crippen LogP contribution in [-0.2, 0) is 44.0 Å². The van der Waals surface area contributed by atoms with Crippen LogP contribution in [0.3, 0.4) is 0 Å². The first kappa shape index (κ1) is 83.8. The van der Waals surface area contributed by atoms with Crippen LogP contribution in [0, 0.1) is 128 Å². The number of aliphatic hydroxyl groups excluding tert-OH is 2. The van der Waals surface area contributed by atoms with Crippen LogP contribution in [0.2, 0.25) is 0 Å². The quantitative estimate of drug-likeness (QED) is 0.0385. The molecule has 7 aromatic rings. The molecule has 554 valence electrons. The van der Waals surface area contributed by atoms with Crippen molar-refractivity contribution >= 4 is 40.7 Å². The van der Waals surface area contributed by atoms with Crippen molar-refractivity contribution in [2.75, 3.05) is 33.0 Å². The summed E-state index contributed by atoms with van der Waals surface area (Å²) < 4.78 is 30.4. The monoisotopic (exact) mass is 1420 g/mol. The van der Waals surface area contributed by atoms with Gasteiger partial charge in [-0.05, 0) is 80.0 Å². The van der Waals surface area contributed by atoms with Crippen molar-refractivity contribution < 1.29 is 63.6 Å². The van der Waals surface area contributed by atoms with E-state index in [-0.39, 0.29) is 72.4 Å². The molecule has 0 saturated carbocycles. The highest BCUT2D eigenvalue weighted by atomic mass is 16.7. The van der Waals surface area contributed by atoms with Gasteiger partial charge >= 0.3 is 58.8 Å². The summed E-state index contributed by atoms with van der Waals surface area (Å²) >= 11 is 0. The van der Waals surface area contributed by atoms with E-state index < -0.39 is 40.6 Å². The van der Waals surface area contributed by atoms with Gasteiger partial charge in [-0.2, -0.15) is 0 Å². The number of epoxide rings is 1. The van der Waals surface area contributed by atoms with Crippen molar-refractivity contribution in [3.8, 4) is 18.0 Å². The molecule has 100 heavy (non-hydrogen) atoms. The molecule has 4 aliphatic rings. The lowest BCUT2D eigenvalue weighted by molar-refractivity contribution is -0.389. The van der Waals surface area contributed by atoms with Crippen LogP contribution in [0.1, 0.15) is 131 Å². The van der Waals surface area contributed by atoms with Gasteiger partial charge in [-0.25, -0.2) is 9.97 Å². The van der Waals surface area contributed by atoms with Crippen molar-refractivity contribution in [1.82, 2.24) is 67.3 Å². The Bertz CT molecular complexity index is 3480. The molecule has 0 unspecified atom stereocenters. The van der Waals surface area contributed by atoms with Gasteiger partial charge < -0.3 is 114 Å². The van der Waals surface area contributed by atoms with Gasteiger partial charge in [0, 0.05) is 93.8 Å². The molecular formula is C59H93N21O20. The zero-order valence-electron chi connectivity index (χ0n) is 58.8. The van der Waals surface area contributed by atoms with Crippen LogP contribution < -0.4 is 14.2 Å². The maximum Gasteiger partial charge on any atom is 0.414 e. The molecule has 4 aliphatic heterocycles. The number of nitro groups is 7. The molecule has 7 aromatic heterocycles. The third kappa shape index (κ3) is 28.9. The number of fused-ring (bicyclic) bond motifs is 3. The fraction of sp³-hybridized carbons (Fsp3) is 0.644. The lowest BCUT2D eigenvalue weighted by atomic mass is 10.1. The number of unbranched alkanes of at least 4 members (excludes halogenated alkanes) is 1. The number of hydrogen-bond donors (Lipinski definition) is 3. The number of rotatable bonds is 19. The maximum atomic E-state index is 10.5. The van der Waals surface area contributed by atoms with E-state index in [1.807, 2.05) is 29.9 Å². The number of nitrogens with zero attached hydrogens (tertiary/aromatic N) is 20. The van der Waals surface area contributed by atoms with Gasteiger partial charge in [-0.3, -0.25) is 13.7 Å². The number of ether oxygens (including phenoxy) is 4. The third-order valence-corrected chi connectivity index (χ3v) is 14.9. The number of H-pyrrole nitrogens is 1. The minimum atomic E-state index is -0.624. The number of aliphatic hydroxyl groups is 2. The lowest BCUT2D eigenvalue weighted by Crippen LogP contribution is -2.29. The van der Waals surface area contributed by atoms with Gasteiger partial charge in [0.1, 0.15) is 56.1 Å². The largest absolute Gasteiger partial charge is 0.445 e. The fourth-order valence-corrected chi connectivity index (χ4v) is 8.43. The Kier molecular flexibility index (Phi) is 35.0. The third-order valence-electron chi connectivity index (χ3n) is 14.9. The van der Waals surface area contributed by atoms with Crippen LogP contribution in [0.4, 0.5) is 40.7 Å². The van der Waals surface area contributed by atoms with E-state index in [1.54, 1.807) is 41.4 Å².